The summed E-state index contributed by atoms with van der Waals surface area (Å²) in [6, 6.07) is 26.3. The number of carbonyl (C=O) groups excluding carboxylic acids is 2. The number of hydrogen-bond donors (Lipinski definition) is 2. The number of halogens is 3. The number of nitrogens with two attached hydrogens (primary N) is 1. The Bertz CT molecular complexity index is 1820. The molecule has 44 heavy (non-hydrogen) atoms. The second kappa shape index (κ2) is 13.7. The smallest absolute Gasteiger partial charge is 0.249 e. The number of primary amides is 1. The van der Waals surface area contributed by atoms with Crippen LogP contribution in [0, 0.1) is 0 Å². The van der Waals surface area contributed by atoms with Crippen molar-refractivity contribution in [2.24, 2.45) is 5.73 Å². The maximum absolute atomic E-state index is 14.6. The molecule has 226 valence electrons. The highest BCUT2D eigenvalue weighted by Crippen LogP contribution is 2.46. The predicted molar refractivity (Wildman–Crippen MR) is 176 cm³/mol. The molecule has 0 saturated carbocycles. The average molecular weight is 713 g/mol. The van der Waals surface area contributed by atoms with Crippen LogP contribution in [-0.4, -0.2) is 30.6 Å². The van der Waals surface area contributed by atoms with Crippen LogP contribution in [0.2, 0.25) is 10.0 Å². The van der Waals surface area contributed by atoms with Crippen molar-refractivity contribution in [3.63, 3.8) is 0 Å². The van der Waals surface area contributed by atoms with E-state index in [1.165, 1.54) is 28.6 Å². The molecular weight excluding hydrogens is 685 g/mol. The summed E-state index contributed by atoms with van der Waals surface area (Å²) in [6.45, 7) is 0. The summed E-state index contributed by atoms with van der Waals surface area (Å²) in [5, 5.41) is 3.52. The Labute approximate surface area is 274 Å². The summed E-state index contributed by atoms with van der Waals surface area (Å²) < 4.78 is 31.3. The summed E-state index contributed by atoms with van der Waals surface area (Å²) in [5.74, 6) is -1.32. The molecule has 3 atom stereocenters. The van der Waals surface area contributed by atoms with Gasteiger partial charge < -0.3 is 11.1 Å². The van der Waals surface area contributed by atoms with Gasteiger partial charge in [-0.3, -0.25) is 9.59 Å². The Morgan fingerprint density at radius 3 is 2.23 bits per heavy atom. The Kier molecular flexibility index (Phi) is 9.92. The lowest BCUT2D eigenvalue weighted by molar-refractivity contribution is -0.125. The van der Waals surface area contributed by atoms with E-state index in [1.807, 2.05) is 54.6 Å². The molecule has 0 aliphatic carbocycles. The molecule has 4 aromatic rings. The Morgan fingerprint density at radius 1 is 0.886 bits per heavy atom. The zero-order valence-electron chi connectivity index (χ0n) is 23.2. The molecule has 1 heterocycles. The zero-order valence-corrected chi connectivity index (χ0v) is 27.2. The minimum atomic E-state index is -4.26. The van der Waals surface area contributed by atoms with Crippen molar-refractivity contribution in [3.05, 3.63) is 146 Å². The van der Waals surface area contributed by atoms with Crippen molar-refractivity contribution >= 4 is 61.0 Å². The first-order valence-corrected chi connectivity index (χ1v) is 16.7. The highest BCUT2D eigenvalue weighted by Gasteiger charge is 2.45. The van der Waals surface area contributed by atoms with Crippen molar-refractivity contribution in [1.29, 1.82) is 0 Å². The minimum Gasteiger partial charge on any atom is -0.368 e. The monoisotopic (exact) mass is 711 g/mol. The highest BCUT2D eigenvalue weighted by molar-refractivity contribution is 9.10. The first kappa shape index (κ1) is 31.9. The quantitative estimate of drug-likeness (QED) is 0.200. The largest absolute Gasteiger partial charge is 0.368 e. The lowest BCUT2D eigenvalue weighted by Crippen LogP contribution is -2.49. The minimum absolute atomic E-state index is 0.00896. The van der Waals surface area contributed by atoms with Crippen molar-refractivity contribution in [3.8, 4) is 0 Å². The van der Waals surface area contributed by atoms with Crippen LogP contribution in [0.5, 0.6) is 0 Å². The zero-order chi connectivity index (χ0) is 31.4. The maximum Gasteiger partial charge on any atom is 0.249 e. The third-order valence-corrected chi connectivity index (χ3v) is 10.3. The molecule has 2 amide bonds. The molecule has 0 spiro atoms. The van der Waals surface area contributed by atoms with Crippen LogP contribution in [0.4, 0.5) is 0 Å². The standard InChI is InChI=1S/C33H28BrCl2N3O4S/c34-24-10-4-8-22(19-24)30-17-16-28(33(41)38-29(32(37)40)18-21-6-2-1-3-7-21)31(23-9-5-11-26(36)20-23)39(30)44(42,43)27-14-12-25(35)13-15-27/h1-16,19-20,29-31H,17-18H2,(H2,37,40)(H,38,41)/t29-,30-,31?/m0/s1. The van der Waals surface area contributed by atoms with Gasteiger partial charge in [0.15, 0.2) is 0 Å². The first-order chi connectivity index (χ1) is 21.0. The summed E-state index contributed by atoms with van der Waals surface area (Å²) >= 11 is 16.0. The molecule has 7 nitrogen and oxygen atoms in total. The summed E-state index contributed by atoms with van der Waals surface area (Å²) in [6.07, 6.45) is 2.08. The second-order valence-electron chi connectivity index (χ2n) is 10.3. The molecule has 0 fully saturated rings. The van der Waals surface area contributed by atoms with Gasteiger partial charge in [0.2, 0.25) is 21.8 Å². The van der Waals surface area contributed by atoms with E-state index in [0.717, 1.165) is 15.6 Å². The predicted octanol–water partition coefficient (Wildman–Crippen LogP) is 6.77. The van der Waals surface area contributed by atoms with Crippen LogP contribution in [0.15, 0.2) is 124 Å². The van der Waals surface area contributed by atoms with Gasteiger partial charge in [0.1, 0.15) is 6.04 Å². The van der Waals surface area contributed by atoms with E-state index < -0.39 is 40.0 Å². The van der Waals surface area contributed by atoms with Gasteiger partial charge in [0.05, 0.1) is 17.0 Å². The normalized spacial score (nSPS) is 17.8. The van der Waals surface area contributed by atoms with E-state index in [-0.39, 0.29) is 23.3 Å². The lowest BCUT2D eigenvalue weighted by atomic mass is 9.88. The molecule has 5 rings (SSSR count). The van der Waals surface area contributed by atoms with Gasteiger partial charge in [-0.05, 0) is 71.6 Å². The van der Waals surface area contributed by atoms with Gasteiger partial charge >= 0.3 is 0 Å². The molecule has 0 saturated heterocycles. The molecule has 0 aromatic heterocycles. The van der Waals surface area contributed by atoms with Crippen molar-refractivity contribution in [1.82, 2.24) is 9.62 Å². The van der Waals surface area contributed by atoms with Gasteiger partial charge in [-0.2, -0.15) is 4.31 Å². The van der Waals surface area contributed by atoms with Crippen molar-refractivity contribution in [2.45, 2.75) is 35.9 Å². The number of nitrogens with one attached hydrogen (secondary N) is 1. The molecular formula is C33H28BrCl2N3O4S. The van der Waals surface area contributed by atoms with Crippen LogP contribution >= 0.6 is 39.1 Å². The first-order valence-electron chi connectivity index (χ1n) is 13.7. The molecule has 4 aromatic carbocycles. The third kappa shape index (κ3) is 7.08. The number of hydrogen-bond acceptors (Lipinski definition) is 4. The number of rotatable bonds is 9. The fourth-order valence-corrected chi connectivity index (χ4v) is 7.86. The summed E-state index contributed by atoms with van der Waals surface area (Å²) in [5.41, 5.74) is 7.87. The van der Waals surface area contributed by atoms with Crippen molar-refractivity contribution in [2.75, 3.05) is 0 Å². The fourth-order valence-electron chi connectivity index (χ4n) is 5.34. The van der Waals surface area contributed by atoms with Crippen LogP contribution < -0.4 is 11.1 Å². The Hall–Kier alpha value is -3.47. The second-order valence-corrected chi connectivity index (χ2v) is 14.0. The van der Waals surface area contributed by atoms with E-state index in [4.69, 9.17) is 28.9 Å². The van der Waals surface area contributed by atoms with Crippen LogP contribution in [0.1, 0.15) is 35.2 Å². The van der Waals surface area contributed by atoms with E-state index in [9.17, 15) is 18.0 Å². The van der Waals surface area contributed by atoms with Gasteiger partial charge in [-0.1, -0.05) is 99.8 Å². The SMILES string of the molecule is NC(=O)[C@H](Cc1ccccc1)NC(=O)C1=CC[C@@H](c2cccc(Br)c2)N(S(=O)(=O)c2ccc(Cl)cc2)C1c1cccc(Cl)c1. The summed E-state index contributed by atoms with van der Waals surface area (Å²) in [7, 11) is -4.26. The molecule has 1 aliphatic rings. The fraction of sp³-hybridized carbons (Fsp3) is 0.152. The van der Waals surface area contributed by atoms with Crippen LogP contribution in [-0.2, 0) is 26.0 Å². The number of amides is 2. The number of benzene rings is 4. The molecule has 3 N–H and O–H groups in total. The van der Waals surface area contributed by atoms with E-state index >= 15 is 0 Å². The number of carbonyl (C=O) groups is 2. The topological polar surface area (TPSA) is 110 Å². The molecule has 0 bridgehead atoms. The molecule has 11 heteroatoms. The molecule has 1 aliphatic heterocycles. The number of sulfonamides is 1. The third-order valence-electron chi connectivity index (χ3n) is 7.40. The maximum atomic E-state index is 14.6. The van der Waals surface area contributed by atoms with Crippen molar-refractivity contribution < 1.29 is 18.0 Å². The summed E-state index contributed by atoms with van der Waals surface area (Å²) in [4.78, 5) is 26.5. The van der Waals surface area contributed by atoms with Gasteiger partial charge in [0.25, 0.3) is 0 Å². The Balaban J connectivity index is 1.65. The lowest BCUT2D eigenvalue weighted by Gasteiger charge is -2.41. The highest BCUT2D eigenvalue weighted by atomic mass is 79.9. The van der Waals surface area contributed by atoms with Crippen LogP contribution in [0.25, 0.3) is 0 Å². The molecule has 1 unspecified atom stereocenters. The number of nitrogens with zero attached hydrogens (tertiary/aromatic N) is 1. The van der Waals surface area contributed by atoms with Gasteiger partial charge in [-0.25, -0.2) is 8.42 Å². The van der Waals surface area contributed by atoms with Gasteiger partial charge in [-0.15, -0.1) is 0 Å². The average Bonchev–Trinajstić information content (AvgIpc) is 3.00. The van der Waals surface area contributed by atoms with E-state index in [1.54, 1.807) is 30.3 Å². The van der Waals surface area contributed by atoms with Gasteiger partial charge in [0, 0.05) is 26.5 Å². The Morgan fingerprint density at radius 2 is 1.57 bits per heavy atom. The van der Waals surface area contributed by atoms with E-state index in [0.29, 0.717) is 15.6 Å². The van der Waals surface area contributed by atoms with E-state index in [2.05, 4.69) is 21.2 Å². The molecule has 0 radical (unpaired) electrons. The van der Waals surface area contributed by atoms with Crippen LogP contribution in [0.3, 0.4) is 0 Å².